The number of ether oxygens (including phenoxy) is 2. The molecule has 11 heteroatoms. The van der Waals surface area contributed by atoms with Crippen molar-refractivity contribution in [1.29, 1.82) is 0 Å². The Labute approximate surface area is 154 Å². The predicted molar refractivity (Wildman–Crippen MR) is 99.1 cm³/mol. The van der Waals surface area contributed by atoms with E-state index in [0.29, 0.717) is 34.6 Å². The van der Waals surface area contributed by atoms with Crippen LogP contribution in [0.1, 0.15) is 0 Å². The first-order valence-electron chi connectivity index (χ1n) is 8.23. The van der Waals surface area contributed by atoms with E-state index in [2.05, 4.69) is 9.97 Å². The molecule has 3 aromatic rings. The smallest absolute Gasteiger partial charge is 0.326 e. The average molecular weight is 393 g/mol. The molecule has 1 saturated heterocycles. The van der Waals surface area contributed by atoms with Gasteiger partial charge in [0.25, 0.3) is 10.2 Å². The van der Waals surface area contributed by atoms with E-state index in [0.717, 1.165) is 5.39 Å². The third kappa shape index (κ3) is 2.93. The van der Waals surface area contributed by atoms with Crippen LogP contribution in [0.4, 0.5) is 0 Å². The fourth-order valence-electron chi connectivity index (χ4n) is 3.45. The van der Waals surface area contributed by atoms with E-state index >= 15 is 0 Å². The maximum atomic E-state index is 12.5. The molecule has 0 atom stereocenters. The maximum absolute atomic E-state index is 12.5. The molecule has 27 heavy (non-hydrogen) atoms. The summed E-state index contributed by atoms with van der Waals surface area (Å²) in [5.74, 6) is 1.08. The van der Waals surface area contributed by atoms with Gasteiger partial charge in [-0.2, -0.15) is 12.7 Å². The molecule has 1 aliphatic rings. The van der Waals surface area contributed by atoms with Crippen LogP contribution in [-0.2, 0) is 16.8 Å². The van der Waals surface area contributed by atoms with Crippen molar-refractivity contribution in [2.75, 3.05) is 27.3 Å². The Balaban J connectivity index is 1.80. The van der Waals surface area contributed by atoms with Crippen molar-refractivity contribution in [3.63, 3.8) is 0 Å². The van der Waals surface area contributed by atoms with Gasteiger partial charge in [0.15, 0.2) is 11.5 Å². The highest BCUT2D eigenvalue weighted by Gasteiger charge is 2.34. The number of rotatable bonds is 5. The number of benzene rings is 1. The molecule has 0 aliphatic carbocycles. The summed E-state index contributed by atoms with van der Waals surface area (Å²) in [7, 11) is -0.601. The normalized spacial score (nSPS) is 16.0. The predicted octanol–water partition coefficient (Wildman–Crippen LogP) is 0.0303. The molecule has 0 saturated carbocycles. The van der Waals surface area contributed by atoms with Crippen LogP contribution in [0, 0.1) is 5.92 Å². The lowest BCUT2D eigenvalue weighted by molar-refractivity contribution is 0.180. The number of aromatic amines is 1. The van der Waals surface area contributed by atoms with E-state index in [1.165, 1.54) is 11.4 Å². The SMILES string of the molecule is COc1cc2ncc3[nH]c(=O)n(CC4CN(S(N)(=O)=O)C4)c3c2cc1OC. The van der Waals surface area contributed by atoms with Crippen molar-refractivity contribution in [2.45, 2.75) is 6.54 Å². The number of nitrogens with two attached hydrogens (primary N) is 1. The van der Waals surface area contributed by atoms with Gasteiger partial charge in [-0.15, -0.1) is 0 Å². The second-order valence-electron chi connectivity index (χ2n) is 6.51. The Morgan fingerprint density at radius 2 is 1.93 bits per heavy atom. The van der Waals surface area contributed by atoms with E-state index < -0.39 is 10.2 Å². The van der Waals surface area contributed by atoms with Crippen LogP contribution in [0.25, 0.3) is 21.9 Å². The molecule has 1 fully saturated rings. The lowest BCUT2D eigenvalue weighted by Crippen LogP contribution is -2.54. The van der Waals surface area contributed by atoms with Gasteiger partial charge in [0.05, 0.1) is 37.0 Å². The summed E-state index contributed by atoms with van der Waals surface area (Å²) in [6, 6.07) is 3.53. The molecule has 0 radical (unpaired) electrons. The first-order chi connectivity index (χ1) is 12.8. The van der Waals surface area contributed by atoms with Crippen LogP contribution in [0.5, 0.6) is 11.5 Å². The second kappa shape index (κ2) is 6.22. The quantitative estimate of drug-likeness (QED) is 0.628. The molecule has 2 aromatic heterocycles. The molecule has 0 unspecified atom stereocenters. The van der Waals surface area contributed by atoms with Crippen LogP contribution in [0.15, 0.2) is 23.1 Å². The minimum atomic E-state index is -3.68. The first kappa shape index (κ1) is 17.8. The number of fused-ring (bicyclic) bond motifs is 3. The third-order valence-electron chi connectivity index (χ3n) is 4.83. The van der Waals surface area contributed by atoms with Crippen LogP contribution in [0.3, 0.4) is 0 Å². The van der Waals surface area contributed by atoms with Crippen LogP contribution >= 0.6 is 0 Å². The molecule has 3 heterocycles. The van der Waals surface area contributed by atoms with Crippen LogP contribution < -0.4 is 20.3 Å². The summed E-state index contributed by atoms with van der Waals surface area (Å²) in [6.07, 6.45) is 1.60. The van der Waals surface area contributed by atoms with Crippen molar-refractivity contribution in [2.24, 2.45) is 11.1 Å². The highest BCUT2D eigenvalue weighted by molar-refractivity contribution is 7.86. The molecule has 1 aliphatic heterocycles. The molecule has 144 valence electrons. The van der Waals surface area contributed by atoms with E-state index in [1.54, 1.807) is 30.0 Å². The standard InChI is InChI=1S/C16H19N5O5S/c1-25-13-3-10-11(4-14(13)26-2)18-5-12-15(10)21(16(22)19-12)8-9-6-20(7-9)27(17,23)24/h3-5,9H,6-8H2,1-2H3,(H,19,22)(H2,17,23,24). The van der Waals surface area contributed by atoms with Gasteiger partial charge in [-0.3, -0.25) is 9.55 Å². The molecule has 0 spiro atoms. The lowest BCUT2D eigenvalue weighted by atomic mass is 10.0. The van der Waals surface area contributed by atoms with Crippen LogP contribution in [0.2, 0.25) is 0 Å². The van der Waals surface area contributed by atoms with E-state index in [1.807, 2.05) is 0 Å². The Morgan fingerprint density at radius 1 is 1.26 bits per heavy atom. The number of imidazole rings is 1. The molecule has 10 nitrogen and oxygen atoms in total. The molecule has 0 amide bonds. The first-order valence-corrected chi connectivity index (χ1v) is 9.73. The lowest BCUT2D eigenvalue weighted by Gasteiger charge is -2.36. The van der Waals surface area contributed by atoms with E-state index in [-0.39, 0.29) is 24.7 Å². The van der Waals surface area contributed by atoms with Gasteiger partial charge in [0.1, 0.15) is 0 Å². The minimum absolute atomic E-state index is 0.00313. The van der Waals surface area contributed by atoms with Gasteiger partial charge in [0, 0.05) is 37.0 Å². The number of nitrogens with zero attached hydrogens (tertiary/aromatic N) is 3. The van der Waals surface area contributed by atoms with Crippen molar-refractivity contribution in [3.8, 4) is 11.5 Å². The zero-order chi connectivity index (χ0) is 19.3. The zero-order valence-electron chi connectivity index (χ0n) is 14.8. The number of pyridine rings is 1. The molecule has 3 N–H and O–H groups in total. The number of nitrogens with one attached hydrogen (secondary N) is 1. The summed E-state index contributed by atoms with van der Waals surface area (Å²) in [5.41, 5.74) is 1.68. The number of aromatic nitrogens is 3. The average Bonchev–Trinajstić information content (AvgIpc) is 2.90. The third-order valence-corrected chi connectivity index (χ3v) is 5.84. The number of hydrogen-bond acceptors (Lipinski definition) is 6. The van der Waals surface area contributed by atoms with Gasteiger partial charge >= 0.3 is 5.69 Å². The fraction of sp³-hybridized carbons (Fsp3) is 0.375. The topological polar surface area (TPSA) is 133 Å². The van der Waals surface area contributed by atoms with E-state index in [9.17, 15) is 13.2 Å². The summed E-state index contributed by atoms with van der Waals surface area (Å²) in [5, 5.41) is 5.86. The molecular weight excluding hydrogens is 374 g/mol. The van der Waals surface area contributed by atoms with Crippen molar-refractivity contribution >= 4 is 32.1 Å². The molecule has 1 aromatic carbocycles. The summed E-state index contributed by atoms with van der Waals surface area (Å²) in [6.45, 7) is 0.953. The largest absolute Gasteiger partial charge is 0.493 e. The van der Waals surface area contributed by atoms with Crippen molar-refractivity contribution < 1.29 is 17.9 Å². The highest BCUT2D eigenvalue weighted by atomic mass is 32.2. The van der Waals surface area contributed by atoms with Crippen molar-refractivity contribution in [1.82, 2.24) is 18.8 Å². The fourth-order valence-corrected chi connectivity index (χ4v) is 4.29. The summed E-state index contributed by atoms with van der Waals surface area (Å²) >= 11 is 0. The van der Waals surface area contributed by atoms with E-state index in [4.69, 9.17) is 14.6 Å². The van der Waals surface area contributed by atoms with Gasteiger partial charge in [-0.1, -0.05) is 0 Å². The highest BCUT2D eigenvalue weighted by Crippen LogP contribution is 2.34. The van der Waals surface area contributed by atoms with Crippen molar-refractivity contribution in [3.05, 3.63) is 28.8 Å². The van der Waals surface area contributed by atoms with Gasteiger partial charge in [-0.05, 0) is 6.07 Å². The number of H-pyrrole nitrogens is 1. The Hall–Kier alpha value is -2.63. The monoisotopic (exact) mass is 393 g/mol. The zero-order valence-corrected chi connectivity index (χ0v) is 15.6. The second-order valence-corrected chi connectivity index (χ2v) is 8.06. The van der Waals surface area contributed by atoms with Gasteiger partial charge in [0.2, 0.25) is 0 Å². The van der Waals surface area contributed by atoms with Gasteiger partial charge in [-0.25, -0.2) is 9.93 Å². The van der Waals surface area contributed by atoms with Crippen LogP contribution in [-0.4, -0.2) is 54.6 Å². The number of methoxy groups -OCH3 is 2. The Morgan fingerprint density at radius 3 is 2.56 bits per heavy atom. The molecule has 0 bridgehead atoms. The summed E-state index contributed by atoms with van der Waals surface area (Å²) in [4.78, 5) is 19.7. The molecular formula is C16H19N5O5S. The Kier molecular flexibility index (Phi) is 4.09. The summed E-state index contributed by atoms with van der Waals surface area (Å²) < 4.78 is 36.2. The van der Waals surface area contributed by atoms with Gasteiger partial charge < -0.3 is 14.5 Å². The minimum Gasteiger partial charge on any atom is -0.493 e. The maximum Gasteiger partial charge on any atom is 0.326 e. The molecule has 4 rings (SSSR count). The Bertz CT molecular complexity index is 1190. The number of hydrogen-bond donors (Lipinski definition) is 2.